The Labute approximate surface area is 130 Å². The van der Waals surface area contributed by atoms with Crippen LogP contribution in [0.3, 0.4) is 0 Å². The van der Waals surface area contributed by atoms with E-state index >= 15 is 0 Å². The average molecular weight is 319 g/mol. The molecule has 106 valence electrons. The maximum Gasteiger partial charge on any atom is 0.276 e. The number of anilines is 2. The van der Waals surface area contributed by atoms with Gasteiger partial charge in [0.1, 0.15) is 11.5 Å². The van der Waals surface area contributed by atoms with Gasteiger partial charge >= 0.3 is 0 Å². The van der Waals surface area contributed by atoms with Crippen molar-refractivity contribution in [3.8, 4) is 0 Å². The zero-order chi connectivity index (χ0) is 14.8. The summed E-state index contributed by atoms with van der Waals surface area (Å²) in [4.78, 5) is 20.7. The largest absolute Gasteiger partial charge is 0.373 e. The molecule has 2 heterocycles. The normalized spacial score (nSPS) is 10.6. The highest BCUT2D eigenvalue weighted by Crippen LogP contribution is 2.28. The number of rotatable bonds is 3. The smallest absolute Gasteiger partial charge is 0.276 e. The van der Waals surface area contributed by atoms with Gasteiger partial charge in [0, 0.05) is 12.1 Å². The Bertz CT molecular complexity index is 818. The van der Waals surface area contributed by atoms with Gasteiger partial charge in [-0.2, -0.15) is 0 Å². The molecule has 3 rings (SSSR count). The minimum absolute atomic E-state index is 0.294. The number of amides is 1. The van der Waals surface area contributed by atoms with E-state index in [0.717, 1.165) is 10.2 Å². The van der Waals surface area contributed by atoms with Crippen LogP contribution in [-0.2, 0) is 0 Å². The first-order valence-corrected chi connectivity index (χ1v) is 7.37. The number of aromatic nitrogens is 2. The molecule has 7 heteroatoms. The fourth-order valence-electron chi connectivity index (χ4n) is 1.81. The Hall–Kier alpha value is -2.18. The number of pyridine rings is 1. The fourth-order valence-corrected chi connectivity index (χ4v) is 2.95. The topological polar surface area (TPSA) is 66.9 Å². The van der Waals surface area contributed by atoms with Crippen molar-refractivity contribution in [3.05, 3.63) is 47.1 Å². The van der Waals surface area contributed by atoms with Crippen LogP contribution in [-0.4, -0.2) is 22.9 Å². The van der Waals surface area contributed by atoms with Gasteiger partial charge in [-0.1, -0.05) is 29.0 Å². The Balaban J connectivity index is 1.85. The first-order valence-electron chi connectivity index (χ1n) is 6.18. The molecule has 0 aliphatic carbocycles. The lowest BCUT2D eigenvalue weighted by atomic mass is 10.3. The van der Waals surface area contributed by atoms with Crippen LogP contribution in [0.5, 0.6) is 0 Å². The minimum Gasteiger partial charge on any atom is -0.373 e. The van der Waals surface area contributed by atoms with Gasteiger partial charge < -0.3 is 5.32 Å². The third kappa shape index (κ3) is 2.96. The molecule has 1 amide bonds. The maximum absolute atomic E-state index is 12.2. The number of carbonyl (C=O) groups excluding carboxylic acids is 1. The van der Waals surface area contributed by atoms with Crippen molar-refractivity contribution >= 4 is 50.0 Å². The van der Waals surface area contributed by atoms with Crippen LogP contribution in [0.25, 0.3) is 10.2 Å². The van der Waals surface area contributed by atoms with Crippen LogP contribution in [0, 0.1) is 0 Å². The summed E-state index contributed by atoms with van der Waals surface area (Å²) >= 11 is 7.31. The first kappa shape index (κ1) is 13.8. The van der Waals surface area contributed by atoms with Crippen molar-refractivity contribution in [3.63, 3.8) is 0 Å². The summed E-state index contributed by atoms with van der Waals surface area (Å²) in [5.74, 6) is 0.344. The van der Waals surface area contributed by atoms with E-state index < -0.39 is 0 Å². The molecule has 0 radical (unpaired) electrons. The predicted molar refractivity (Wildman–Crippen MR) is 86.4 cm³/mol. The molecule has 2 aromatic heterocycles. The molecule has 2 N–H and O–H groups in total. The molecule has 0 fully saturated rings. The molecule has 21 heavy (non-hydrogen) atoms. The highest BCUT2D eigenvalue weighted by Gasteiger charge is 2.11. The Morgan fingerprint density at radius 1 is 1.24 bits per heavy atom. The summed E-state index contributed by atoms with van der Waals surface area (Å²) in [6, 6.07) is 10.6. The standard InChI is InChI=1S/C14H11ClN4OS/c1-16-12-4-2-3-10(17-12)13(20)19-14-18-9-6-5-8(15)7-11(9)21-14/h2-7H,1H3,(H,16,17)(H,18,19,20). The number of hydrogen-bond donors (Lipinski definition) is 2. The van der Waals surface area contributed by atoms with E-state index in [9.17, 15) is 4.79 Å². The highest BCUT2D eigenvalue weighted by atomic mass is 35.5. The van der Waals surface area contributed by atoms with E-state index in [0.29, 0.717) is 21.7 Å². The number of halogens is 1. The maximum atomic E-state index is 12.2. The Morgan fingerprint density at radius 2 is 2.10 bits per heavy atom. The lowest BCUT2D eigenvalue weighted by molar-refractivity contribution is 0.102. The van der Waals surface area contributed by atoms with Crippen molar-refractivity contribution in [2.75, 3.05) is 17.7 Å². The second-order valence-electron chi connectivity index (χ2n) is 4.24. The number of carbonyl (C=O) groups is 1. The fraction of sp³-hybridized carbons (Fsp3) is 0.0714. The summed E-state index contributed by atoms with van der Waals surface area (Å²) in [6.07, 6.45) is 0. The number of fused-ring (bicyclic) bond motifs is 1. The van der Waals surface area contributed by atoms with Crippen LogP contribution in [0.2, 0.25) is 5.02 Å². The van der Waals surface area contributed by atoms with E-state index in [-0.39, 0.29) is 5.91 Å². The number of benzene rings is 1. The van der Waals surface area contributed by atoms with Gasteiger partial charge in [0.05, 0.1) is 10.2 Å². The number of nitrogens with one attached hydrogen (secondary N) is 2. The van der Waals surface area contributed by atoms with E-state index in [1.165, 1.54) is 11.3 Å². The first-order chi connectivity index (χ1) is 10.2. The third-order valence-corrected chi connectivity index (χ3v) is 3.98. The van der Waals surface area contributed by atoms with Crippen LogP contribution in [0.15, 0.2) is 36.4 Å². The third-order valence-electron chi connectivity index (χ3n) is 2.81. The zero-order valence-corrected chi connectivity index (χ0v) is 12.6. The van der Waals surface area contributed by atoms with Crippen LogP contribution in [0.1, 0.15) is 10.5 Å². The summed E-state index contributed by atoms with van der Waals surface area (Å²) < 4.78 is 0.926. The van der Waals surface area contributed by atoms with Gasteiger partial charge in [0.15, 0.2) is 5.13 Å². The quantitative estimate of drug-likeness (QED) is 0.773. The summed E-state index contributed by atoms with van der Waals surface area (Å²) in [5, 5.41) is 6.82. The monoisotopic (exact) mass is 318 g/mol. The molecule has 0 aliphatic heterocycles. The molecule has 0 unspecified atom stereocenters. The molecule has 0 atom stereocenters. The average Bonchev–Trinajstić information content (AvgIpc) is 2.88. The van der Waals surface area contributed by atoms with Gasteiger partial charge in [0.25, 0.3) is 5.91 Å². The molecule has 0 spiro atoms. The van der Waals surface area contributed by atoms with Crippen molar-refractivity contribution in [2.45, 2.75) is 0 Å². The van der Waals surface area contributed by atoms with Crippen molar-refractivity contribution in [1.29, 1.82) is 0 Å². The molecule has 3 aromatic rings. The number of hydrogen-bond acceptors (Lipinski definition) is 5. The van der Waals surface area contributed by atoms with Gasteiger partial charge in [-0.15, -0.1) is 0 Å². The van der Waals surface area contributed by atoms with Gasteiger partial charge in [-0.05, 0) is 30.3 Å². The van der Waals surface area contributed by atoms with Crippen LogP contribution < -0.4 is 10.6 Å². The SMILES string of the molecule is CNc1cccc(C(=O)Nc2nc3ccc(Cl)cc3s2)n1. The van der Waals surface area contributed by atoms with Crippen molar-refractivity contribution in [1.82, 2.24) is 9.97 Å². The zero-order valence-electron chi connectivity index (χ0n) is 11.1. The molecule has 0 saturated carbocycles. The second kappa shape index (κ2) is 5.67. The Morgan fingerprint density at radius 3 is 2.90 bits per heavy atom. The minimum atomic E-state index is -0.294. The van der Waals surface area contributed by atoms with Crippen LogP contribution >= 0.6 is 22.9 Å². The van der Waals surface area contributed by atoms with Gasteiger partial charge in [0.2, 0.25) is 0 Å². The molecule has 5 nitrogen and oxygen atoms in total. The van der Waals surface area contributed by atoms with Crippen LogP contribution in [0.4, 0.5) is 10.9 Å². The highest BCUT2D eigenvalue weighted by molar-refractivity contribution is 7.22. The summed E-state index contributed by atoms with van der Waals surface area (Å²) in [6.45, 7) is 0. The van der Waals surface area contributed by atoms with Gasteiger partial charge in [-0.25, -0.2) is 9.97 Å². The molecule has 0 aliphatic rings. The summed E-state index contributed by atoms with van der Waals surface area (Å²) in [7, 11) is 1.75. The molecule has 0 saturated heterocycles. The predicted octanol–water partition coefficient (Wildman–Crippen LogP) is 3.64. The molecular formula is C14H11ClN4OS. The van der Waals surface area contributed by atoms with Crippen molar-refractivity contribution in [2.24, 2.45) is 0 Å². The molecule has 0 bridgehead atoms. The summed E-state index contributed by atoms with van der Waals surface area (Å²) in [5.41, 5.74) is 1.13. The number of thiazole rings is 1. The Kier molecular flexibility index (Phi) is 3.72. The lowest BCUT2D eigenvalue weighted by Gasteiger charge is -2.03. The van der Waals surface area contributed by atoms with Gasteiger partial charge in [-0.3, -0.25) is 10.1 Å². The van der Waals surface area contributed by atoms with E-state index in [1.54, 1.807) is 31.3 Å². The molecule has 1 aromatic carbocycles. The second-order valence-corrected chi connectivity index (χ2v) is 5.71. The van der Waals surface area contributed by atoms with E-state index in [4.69, 9.17) is 11.6 Å². The van der Waals surface area contributed by atoms with Crippen molar-refractivity contribution < 1.29 is 4.79 Å². The van der Waals surface area contributed by atoms with E-state index in [2.05, 4.69) is 20.6 Å². The number of nitrogens with zero attached hydrogens (tertiary/aromatic N) is 2. The molecular weight excluding hydrogens is 308 g/mol. The lowest BCUT2D eigenvalue weighted by Crippen LogP contribution is -2.14. The van der Waals surface area contributed by atoms with E-state index in [1.807, 2.05) is 12.1 Å².